The Morgan fingerprint density at radius 1 is 0.526 bits per heavy atom. The van der Waals surface area contributed by atoms with Gasteiger partial charge in [-0.25, -0.2) is 0 Å². The number of aliphatic hydroxyl groups excluding tert-OH is 1. The second kappa shape index (κ2) is 13.7. The highest BCUT2D eigenvalue weighted by Crippen LogP contribution is 2.39. The van der Waals surface area contributed by atoms with Gasteiger partial charge in [-0.15, -0.1) is 11.8 Å². The van der Waals surface area contributed by atoms with Gasteiger partial charge in [0.1, 0.15) is 12.2 Å². The van der Waals surface area contributed by atoms with Crippen molar-refractivity contribution < 1.29 is 19.3 Å². The predicted octanol–water partition coefficient (Wildman–Crippen LogP) is 6.67. The molecule has 0 spiro atoms. The van der Waals surface area contributed by atoms with Crippen LogP contribution in [0.15, 0.2) is 126 Å². The lowest BCUT2D eigenvalue weighted by atomic mass is 9.88. The van der Waals surface area contributed by atoms with Gasteiger partial charge in [0, 0.05) is 10.1 Å². The van der Waals surface area contributed by atoms with E-state index in [1.165, 1.54) is 0 Å². The smallest absolute Gasteiger partial charge is 0.114 e. The quantitative estimate of drug-likeness (QED) is 0.237. The molecule has 0 aliphatic heterocycles. The molecular weight excluding hydrogens is 492 g/mol. The van der Waals surface area contributed by atoms with Crippen LogP contribution in [0.25, 0.3) is 0 Å². The summed E-state index contributed by atoms with van der Waals surface area (Å²) < 4.78 is 19.6. The molecule has 1 saturated carbocycles. The van der Waals surface area contributed by atoms with Crippen LogP contribution >= 0.6 is 11.8 Å². The normalized spacial score (nSPS) is 23.2. The third-order valence-electron chi connectivity index (χ3n) is 6.75. The van der Waals surface area contributed by atoms with E-state index in [-0.39, 0.29) is 11.4 Å². The van der Waals surface area contributed by atoms with Gasteiger partial charge in [0.2, 0.25) is 0 Å². The zero-order valence-electron chi connectivity index (χ0n) is 21.3. The van der Waals surface area contributed by atoms with E-state index in [0.29, 0.717) is 26.2 Å². The van der Waals surface area contributed by atoms with Gasteiger partial charge in [0.15, 0.2) is 0 Å². The Kier molecular flexibility index (Phi) is 9.64. The largest absolute Gasteiger partial charge is 0.390 e. The molecule has 5 atom stereocenters. The number of ether oxygens (including phenoxy) is 3. The van der Waals surface area contributed by atoms with Crippen molar-refractivity contribution in [2.45, 2.75) is 60.8 Å². The van der Waals surface area contributed by atoms with Crippen molar-refractivity contribution in [3.8, 4) is 0 Å². The van der Waals surface area contributed by atoms with E-state index in [4.69, 9.17) is 14.2 Å². The zero-order chi connectivity index (χ0) is 26.0. The maximum absolute atomic E-state index is 11.4. The minimum absolute atomic E-state index is 0.00605. The van der Waals surface area contributed by atoms with Crippen molar-refractivity contribution in [2.75, 3.05) is 0 Å². The summed E-state index contributed by atoms with van der Waals surface area (Å²) in [5.41, 5.74) is 3.23. The van der Waals surface area contributed by atoms with E-state index < -0.39 is 18.3 Å². The third kappa shape index (κ3) is 7.34. The lowest BCUT2D eigenvalue weighted by Gasteiger charge is -2.44. The Balaban J connectivity index is 1.41. The van der Waals surface area contributed by atoms with Crippen LogP contribution in [-0.4, -0.2) is 34.8 Å². The number of thioether (sulfide) groups is 1. The number of hydrogen-bond acceptors (Lipinski definition) is 5. The summed E-state index contributed by atoms with van der Waals surface area (Å²) in [5.74, 6) is 0. The third-order valence-corrected chi connectivity index (χ3v) is 8.06. The Hall–Kier alpha value is -2.93. The monoisotopic (exact) mass is 526 g/mol. The molecule has 0 amide bonds. The highest BCUT2D eigenvalue weighted by molar-refractivity contribution is 8.00. The van der Waals surface area contributed by atoms with Gasteiger partial charge in [-0.1, -0.05) is 109 Å². The first-order valence-electron chi connectivity index (χ1n) is 13.1. The van der Waals surface area contributed by atoms with Crippen molar-refractivity contribution in [2.24, 2.45) is 0 Å². The molecule has 5 heteroatoms. The minimum atomic E-state index is -0.683. The molecule has 1 unspecified atom stereocenters. The number of rotatable bonds is 11. The molecule has 5 rings (SSSR count). The van der Waals surface area contributed by atoms with Gasteiger partial charge in [-0.05, 0) is 35.2 Å². The summed E-state index contributed by atoms with van der Waals surface area (Å²) in [6, 6.07) is 40.7. The number of aliphatic hydroxyl groups is 1. The summed E-state index contributed by atoms with van der Waals surface area (Å²) in [6.07, 6.45) is -1.39. The Morgan fingerprint density at radius 2 is 0.921 bits per heavy atom. The first-order valence-corrected chi connectivity index (χ1v) is 14.0. The minimum Gasteiger partial charge on any atom is -0.390 e. The maximum Gasteiger partial charge on any atom is 0.114 e. The summed E-state index contributed by atoms with van der Waals surface area (Å²) in [5, 5.41) is 11.4. The number of hydrogen-bond donors (Lipinski definition) is 1. The van der Waals surface area contributed by atoms with E-state index in [1.54, 1.807) is 11.8 Å². The SMILES string of the molecule is OC1C[C@H](Sc2ccccc2)[C@H](OCc2ccccc2)[C@@H](OCc2ccccc2)[C@@H]1OCc1ccccc1. The van der Waals surface area contributed by atoms with Crippen molar-refractivity contribution in [1.82, 2.24) is 0 Å². The topological polar surface area (TPSA) is 47.9 Å². The molecule has 4 aromatic carbocycles. The molecule has 1 aliphatic carbocycles. The van der Waals surface area contributed by atoms with Crippen LogP contribution < -0.4 is 0 Å². The average Bonchev–Trinajstić information content (AvgIpc) is 2.97. The van der Waals surface area contributed by atoms with Crippen molar-refractivity contribution in [1.29, 1.82) is 0 Å². The molecule has 0 radical (unpaired) electrons. The molecule has 196 valence electrons. The van der Waals surface area contributed by atoms with Crippen LogP contribution in [0.4, 0.5) is 0 Å². The first-order chi connectivity index (χ1) is 18.8. The highest BCUT2D eigenvalue weighted by Gasteiger charge is 2.47. The van der Waals surface area contributed by atoms with Gasteiger partial charge in [-0.3, -0.25) is 0 Å². The van der Waals surface area contributed by atoms with Crippen LogP contribution in [-0.2, 0) is 34.0 Å². The average molecular weight is 527 g/mol. The fourth-order valence-electron chi connectivity index (χ4n) is 4.81. The Bertz CT molecular complexity index is 1210. The van der Waals surface area contributed by atoms with Gasteiger partial charge in [0.05, 0.1) is 32.0 Å². The van der Waals surface area contributed by atoms with E-state index in [0.717, 1.165) is 21.6 Å². The molecule has 0 aromatic heterocycles. The molecule has 1 fully saturated rings. The van der Waals surface area contributed by atoms with E-state index >= 15 is 0 Å². The van der Waals surface area contributed by atoms with Gasteiger partial charge in [-0.2, -0.15) is 0 Å². The Labute approximate surface area is 229 Å². The molecule has 38 heavy (non-hydrogen) atoms. The van der Waals surface area contributed by atoms with Crippen molar-refractivity contribution >= 4 is 11.8 Å². The van der Waals surface area contributed by atoms with E-state index in [2.05, 4.69) is 36.4 Å². The second-order valence-electron chi connectivity index (χ2n) is 9.56. The molecule has 0 heterocycles. The molecule has 4 nitrogen and oxygen atoms in total. The second-order valence-corrected chi connectivity index (χ2v) is 10.9. The Morgan fingerprint density at radius 3 is 1.39 bits per heavy atom. The fraction of sp³-hybridized carbons (Fsp3) is 0.273. The standard InChI is InChI=1S/C33H34O4S/c34-29-21-30(38-28-19-11-4-12-20-28)32(36-23-26-15-7-2-8-16-26)33(37-24-27-17-9-3-10-18-27)31(29)35-22-25-13-5-1-6-14-25/h1-20,29-34H,21-24H2/t29?,30-,31+,32-,33-/m0/s1. The van der Waals surface area contributed by atoms with Gasteiger partial charge in [0.25, 0.3) is 0 Å². The molecule has 1 aliphatic rings. The molecule has 0 bridgehead atoms. The fourth-order valence-corrected chi connectivity index (χ4v) is 6.14. The van der Waals surface area contributed by atoms with Crippen LogP contribution in [0.1, 0.15) is 23.1 Å². The lowest BCUT2D eigenvalue weighted by molar-refractivity contribution is -0.199. The van der Waals surface area contributed by atoms with E-state index in [9.17, 15) is 5.11 Å². The van der Waals surface area contributed by atoms with E-state index in [1.807, 2.05) is 84.9 Å². The number of benzene rings is 4. The highest BCUT2D eigenvalue weighted by atomic mass is 32.2. The van der Waals surface area contributed by atoms with Crippen molar-refractivity contribution in [3.05, 3.63) is 138 Å². The summed E-state index contributed by atoms with van der Waals surface area (Å²) in [7, 11) is 0. The summed E-state index contributed by atoms with van der Waals surface area (Å²) >= 11 is 1.73. The molecule has 4 aromatic rings. The van der Waals surface area contributed by atoms with Crippen molar-refractivity contribution in [3.63, 3.8) is 0 Å². The summed E-state index contributed by atoms with van der Waals surface area (Å²) in [6.45, 7) is 1.27. The molecule has 1 N–H and O–H groups in total. The maximum atomic E-state index is 11.4. The first kappa shape index (κ1) is 26.7. The van der Waals surface area contributed by atoms with Gasteiger partial charge >= 0.3 is 0 Å². The van der Waals surface area contributed by atoms with Crippen LogP contribution in [0.5, 0.6) is 0 Å². The van der Waals surface area contributed by atoms with Crippen LogP contribution in [0.3, 0.4) is 0 Å². The lowest BCUT2D eigenvalue weighted by Crippen LogP contribution is -2.57. The molecular formula is C33H34O4S. The predicted molar refractivity (Wildman–Crippen MR) is 152 cm³/mol. The van der Waals surface area contributed by atoms with Gasteiger partial charge < -0.3 is 19.3 Å². The van der Waals surface area contributed by atoms with Crippen LogP contribution in [0.2, 0.25) is 0 Å². The summed E-state index contributed by atoms with van der Waals surface area (Å²) in [4.78, 5) is 1.14. The molecule has 0 saturated heterocycles. The van der Waals surface area contributed by atoms with Crippen LogP contribution in [0, 0.1) is 0 Å². The zero-order valence-corrected chi connectivity index (χ0v) is 22.2.